The Balaban J connectivity index is 1.07. The van der Waals surface area contributed by atoms with Crippen LogP contribution in [0.5, 0.6) is 0 Å². The van der Waals surface area contributed by atoms with Gasteiger partial charge in [0.15, 0.2) is 6.29 Å². The molecule has 2 aromatic carbocycles. The van der Waals surface area contributed by atoms with E-state index < -0.39 is 6.29 Å². The molecule has 8 nitrogen and oxygen atoms in total. The average molecular weight is 462 g/mol. The Hall–Kier alpha value is -3.07. The average Bonchev–Trinajstić information content (AvgIpc) is 3.32. The number of hydroxylamine groups is 1. The third kappa shape index (κ3) is 5.04. The van der Waals surface area contributed by atoms with Crippen LogP contribution in [0.15, 0.2) is 54.9 Å². The van der Waals surface area contributed by atoms with E-state index >= 15 is 0 Å². The number of nitrogens with zero attached hydrogens (tertiary/aromatic N) is 3. The largest absolute Gasteiger partial charge is 0.351 e. The van der Waals surface area contributed by atoms with Crippen molar-refractivity contribution in [1.82, 2.24) is 20.8 Å². The van der Waals surface area contributed by atoms with Crippen LogP contribution < -0.4 is 15.7 Å². The lowest BCUT2D eigenvalue weighted by Gasteiger charge is -2.20. The van der Waals surface area contributed by atoms with Crippen LogP contribution in [-0.2, 0) is 16.1 Å². The molecule has 2 N–H and O–H groups in total. The molecule has 8 heteroatoms. The summed E-state index contributed by atoms with van der Waals surface area (Å²) in [6, 6.07) is 15.7. The van der Waals surface area contributed by atoms with E-state index in [1.807, 2.05) is 6.92 Å². The second-order valence-corrected chi connectivity index (χ2v) is 9.08. The maximum absolute atomic E-state index is 12.2. The molecule has 3 unspecified atom stereocenters. The molecule has 1 aliphatic heterocycles. The number of ether oxygens (including phenoxy) is 1. The number of amides is 1. The van der Waals surface area contributed by atoms with Crippen molar-refractivity contribution in [3.63, 3.8) is 0 Å². The molecule has 2 heterocycles. The molecule has 0 radical (unpaired) electrons. The molecule has 1 aromatic heterocycles. The van der Waals surface area contributed by atoms with Gasteiger partial charge in [0, 0.05) is 44.7 Å². The van der Waals surface area contributed by atoms with Crippen molar-refractivity contribution >= 4 is 22.6 Å². The van der Waals surface area contributed by atoms with Gasteiger partial charge in [0.25, 0.3) is 5.91 Å². The van der Waals surface area contributed by atoms with Gasteiger partial charge < -0.3 is 15.0 Å². The summed E-state index contributed by atoms with van der Waals surface area (Å²) in [4.78, 5) is 28.4. The highest BCUT2D eigenvalue weighted by molar-refractivity contribution is 5.92. The Labute approximate surface area is 199 Å². The summed E-state index contributed by atoms with van der Waals surface area (Å²) in [6.45, 7) is 7.07. The minimum Gasteiger partial charge on any atom is -0.351 e. The molecule has 2 fully saturated rings. The van der Waals surface area contributed by atoms with E-state index in [4.69, 9.17) is 9.57 Å². The molecule has 0 bridgehead atoms. The van der Waals surface area contributed by atoms with E-state index in [1.54, 1.807) is 6.92 Å². The van der Waals surface area contributed by atoms with Crippen molar-refractivity contribution in [2.45, 2.75) is 39.1 Å². The van der Waals surface area contributed by atoms with Gasteiger partial charge >= 0.3 is 0 Å². The van der Waals surface area contributed by atoms with E-state index in [9.17, 15) is 4.79 Å². The summed E-state index contributed by atoms with van der Waals surface area (Å²) in [5, 5.41) is 6.28. The molecule has 1 aliphatic carbocycles. The quantitative estimate of drug-likeness (QED) is 0.354. The van der Waals surface area contributed by atoms with Gasteiger partial charge in [0.2, 0.25) is 5.95 Å². The number of hydrogen-bond acceptors (Lipinski definition) is 7. The molecular formula is C26H31N5O3. The van der Waals surface area contributed by atoms with E-state index in [-0.39, 0.29) is 5.91 Å². The first-order valence-electron chi connectivity index (χ1n) is 12.0. The van der Waals surface area contributed by atoms with E-state index in [1.165, 1.54) is 28.7 Å². The van der Waals surface area contributed by atoms with E-state index in [0.717, 1.165) is 26.1 Å². The van der Waals surface area contributed by atoms with Gasteiger partial charge in [0.05, 0.1) is 5.56 Å². The SMILES string of the molecule is CCCOC(C)ONC(=O)c1cnc(N2CC3C(C2)C3NCc2ccc3ccccc3c2)nc1. The lowest BCUT2D eigenvalue weighted by molar-refractivity contribution is -0.158. The normalized spacial score (nSPS) is 21.9. The van der Waals surface area contributed by atoms with Gasteiger partial charge in [-0.05, 0) is 47.6 Å². The maximum atomic E-state index is 12.2. The monoisotopic (exact) mass is 461 g/mol. The number of carbonyl (C=O) groups is 1. The molecule has 34 heavy (non-hydrogen) atoms. The summed E-state index contributed by atoms with van der Waals surface area (Å²) < 4.78 is 5.37. The van der Waals surface area contributed by atoms with Crippen molar-refractivity contribution in [2.75, 3.05) is 24.6 Å². The first-order chi connectivity index (χ1) is 16.6. The Bertz CT molecular complexity index is 1130. The zero-order chi connectivity index (χ0) is 23.5. The van der Waals surface area contributed by atoms with Gasteiger partial charge in [-0.25, -0.2) is 20.3 Å². The van der Waals surface area contributed by atoms with Crippen LogP contribution in [0.4, 0.5) is 5.95 Å². The number of anilines is 1. The number of carbonyl (C=O) groups excluding carboxylic acids is 1. The fourth-order valence-corrected chi connectivity index (χ4v) is 4.69. The minimum atomic E-state index is -0.511. The molecule has 1 amide bonds. The van der Waals surface area contributed by atoms with Crippen LogP contribution in [0.25, 0.3) is 10.8 Å². The Morgan fingerprint density at radius 1 is 1.12 bits per heavy atom. The number of rotatable bonds is 10. The molecule has 2 aliphatic rings. The third-order valence-electron chi connectivity index (χ3n) is 6.61. The smallest absolute Gasteiger partial charge is 0.278 e. The summed E-state index contributed by atoms with van der Waals surface area (Å²) in [6.07, 6.45) is 3.45. The number of nitrogens with one attached hydrogen (secondary N) is 2. The maximum Gasteiger partial charge on any atom is 0.278 e. The molecule has 0 spiro atoms. The molecule has 1 saturated heterocycles. The molecule has 5 rings (SSSR count). The van der Waals surface area contributed by atoms with Crippen LogP contribution in [0.1, 0.15) is 36.2 Å². The minimum absolute atomic E-state index is 0.353. The highest BCUT2D eigenvalue weighted by Gasteiger charge is 2.55. The van der Waals surface area contributed by atoms with Crippen LogP contribution in [0.2, 0.25) is 0 Å². The summed E-state index contributed by atoms with van der Waals surface area (Å²) in [7, 11) is 0. The summed E-state index contributed by atoms with van der Waals surface area (Å²) in [5.41, 5.74) is 4.05. The molecular weight excluding hydrogens is 430 g/mol. The number of fused-ring (bicyclic) bond motifs is 2. The second-order valence-electron chi connectivity index (χ2n) is 9.08. The fourth-order valence-electron chi connectivity index (χ4n) is 4.69. The first kappa shape index (κ1) is 22.7. The molecule has 1 saturated carbocycles. The van der Waals surface area contributed by atoms with Gasteiger partial charge in [0.1, 0.15) is 0 Å². The number of benzene rings is 2. The predicted molar refractivity (Wildman–Crippen MR) is 130 cm³/mol. The molecule has 3 atom stereocenters. The van der Waals surface area contributed by atoms with Crippen molar-refractivity contribution in [3.8, 4) is 0 Å². The topological polar surface area (TPSA) is 88.6 Å². The highest BCUT2D eigenvalue weighted by atomic mass is 16.8. The second kappa shape index (κ2) is 10.0. The lowest BCUT2D eigenvalue weighted by Crippen LogP contribution is -2.32. The Morgan fingerprint density at radius 2 is 1.85 bits per heavy atom. The number of aromatic nitrogens is 2. The van der Waals surface area contributed by atoms with Crippen molar-refractivity contribution in [1.29, 1.82) is 0 Å². The Kier molecular flexibility index (Phi) is 6.71. The Morgan fingerprint density at radius 3 is 2.59 bits per heavy atom. The predicted octanol–water partition coefficient (Wildman–Crippen LogP) is 3.29. The third-order valence-corrected chi connectivity index (χ3v) is 6.61. The number of hydrogen-bond donors (Lipinski definition) is 2. The van der Waals surface area contributed by atoms with Gasteiger partial charge in [-0.15, -0.1) is 0 Å². The molecule has 3 aromatic rings. The highest BCUT2D eigenvalue weighted by Crippen LogP contribution is 2.46. The number of piperidine rings is 1. The van der Waals surface area contributed by atoms with Crippen LogP contribution in [0.3, 0.4) is 0 Å². The standard InChI is InChI=1S/C26H31N5O3/c1-3-10-33-17(2)34-30-25(32)21-13-28-26(29-14-21)31-15-22-23(16-31)24(22)27-12-18-8-9-19-6-4-5-7-20(19)11-18/h4-9,11,13-14,17,22-24,27H,3,10,12,15-16H2,1-2H3,(H,30,32). The first-order valence-corrected chi connectivity index (χ1v) is 12.0. The zero-order valence-electron chi connectivity index (χ0n) is 19.6. The van der Waals surface area contributed by atoms with Crippen LogP contribution in [-0.4, -0.2) is 47.9 Å². The summed E-state index contributed by atoms with van der Waals surface area (Å²) >= 11 is 0. The zero-order valence-corrected chi connectivity index (χ0v) is 19.6. The molecule has 178 valence electrons. The van der Waals surface area contributed by atoms with E-state index in [0.29, 0.717) is 36.0 Å². The lowest BCUT2D eigenvalue weighted by atomic mass is 10.1. The van der Waals surface area contributed by atoms with Gasteiger partial charge in [-0.1, -0.05) is 43.3 Å². The van der Waals surface area contributed by atoms with Crippen molar-refractivity contribution in [3.05, 3.63) is 66.0 Å². The van der Waals surface area contributed by atoms with Crippen LogP contribution >= 0.6 is 0 Å². The fraction of sp³-hybridized carbons (Fsp3) is 0.423. The van der Waals surface area contributed by atoms with Crippen molar-refractivity contribution < 1.29 is 14.4 Å². The van der Waals surface area contributed by atoms with Gasteiger partial charge in [-0.3, -0.25) is 4.79 Å². The van der Waals surface area contributed by atoms with Crippen LogP contribution in [0, 0.1) is 11.8 Å². The summed E-state index contributed by atoms with van der Waals surface area (Å²) in [5.74, 6) is 1.51. The van der Waals surface area contributed by atoms with Gasteiger partial charge in [-0.2, -0.15) is 0 Å². The van der Waals surface area contributed by atoms with E-state index in [2.05, 4.69) is 68.1 Å². The van der Waals surface area contributed by atoms with Crippen molar-refractivity contribution in [2.24, 2.45) is 11.8 Å².